The number of hydrogen-bond donors (Lipinski definition) is 1. The number of nitrogens with one attached hydrogen (secondary N) is 1. The Morgan fingerprint density at radius 2 is 2.17 bits per heavy atom. The van der Waals surface area contributed by atoms with E-state index >= 15 is 0 Å². The lowest BCUT2D eigenvalue weighted by atomic mass is 10.1. The quantitative estimate of drug-likeness (QED) is 0.850. The summed E-state index contributed by atoms with van der Waals surface area (Å²) >= 11 is 0. The van der Waals surface area contributed by atoms with Crippen LogP contribution in [-0.4, -0.2) is 19.6 Å². The van der Waals surface area contributed by atoms with E-state index in [1.807, 2.05) is 30.3 Å². The Balaban J connectivity index is 2.25. The number of ether oxygens (including phenoxy) is 2. The van der Waals surface area contributed by atoms with Gasteiger partial charge in [-0.15, -0.1) is 0 Å². The molecule has 0 bridgehead atoms. The maximum atomic E-state index is 11.8. The molecular weight excluding hydrogens is 232 g/mol. The third-order valence-electron chi connectivity index (χ3n) is 2.62. The summed E-state index contributed by atoms with van der Waals surface area (Å²) in [6.45, 7) is 0.226. The zero-order valence-corrected chi connectivity index (χ0v) is 9.84. The molecule has 92 valence electrons. The van der Waals surface area contributed by atoms with Crippen LogP contribution >= 0.6 is 0 Å². The number of methoxy groups -OCH3 is 1. The molecular formula is C13H12N2O3. The molecule has 1 N–H and O–H groups in total. The number of rotatable bonds is 2. The van der Waals surface area contributed by atoms with Gasteiger partial charge in [0.15, 0.2) is 5.57 Å². The number of nitrogens with zero attached hydrogens (tertiary/aromatic N) is 1. The van der Waals surface area contributed by atoms with E-state index < -0.39 is 5.91 Å². The first kappa shape index (κ1) is 12.0. The third kappa shape index (κ3) is 2.28. The second-order valence-electron chi connectivity index (χ2n) is 3.73. The van der Waals surface area contributed by atoms with E-state index in [1.54, 1.807) is 6.07 Å². The van der Waals surface area contributed by atoms with Crippen molar-refractivity contribution in [1.82, 2.24) is 5.32 Å². The van der Waals surface area contributed by atoms with E-state index in [4.69, 9.17) is 14.7 Å². The Morgan fingerprint density at radius 1 is 1.44 bits per heavy atom. The molecule has 1 amide bonds. The Bertz CT molecular complexity index is 517. The van der Waals surface area contributed by atoms with E-state index in [0.717, 1.165) is 5.56 Å². The molecule has 1 aromatic rings. The van der Waals surface area contributed by atoms with Crippen LogP contribution in [0, 0.1) is 11.3 Å². The molecule has 0 spiro atoms. The molecule has 5 heteroatoms. The number of nitriles is 1. The van der Waals surface area contributed by atoms with Gasteiger partial charge in [-0.2, -0.15) is 5.26 Å². The average Bonchev–Trinajstić information content (AvgIpc) is 2.58. The van der Waals surface area contributed by atoms with Gasteiger partial charge in [0.05, 0.1) is 13.2 Å². The summed E-state index contributed by atoms with van der Waals surface area (Å²) in [5, 5.41) is 11.7. The first-order valence-corrected chi connectivity index (χ1v) is 5.43. The molecule has 1 aliphatic rings. The van der Waals surface area contributed by atoms with E-state index in [1.165, 1.54) is 7.11 Å². The van der Waals surface area contributed by atoms with Crippen LogP contribution in [0.2, 0.25) is 0 Å². The molecule has 0 aromatic heterocycles. The van der Waals surface area contributed by atoms with Crippen molar-refractivity contribution in [1.29, 1.82) is 5.26 Å². The Hall–Kier alpha value is -2.48. The monoisotopic (exact) mass is 244 g/mol. The summed E-state index contributed by atoms with van der Waals surface area (Å²) in [7, 11) is 1.36. The van der Waals surface area contributed by atoms with Crippen molar-refractivity contribution >= 4 is 5.91 Å². The number of amides is 1. The van der Waals surface area contributed by atoms with E-state index in [9.17, 15) is 4.79 Å². The van der Waals surface area contributed by atoms with Crippen LogP contribution in [0.4, 0.5) is 0 Å². The summed E-state index contributed by atoms with van der Waals surface area (Å²) in [5.41, 5.74) is 0.774. The molecule has 1 heterocycles. The van der Waals surface area contributed by atoms with Crippen molar-refractivity contribution < 1.29 is 14.3 Å². The Kier molecular flexibility index (Phi) is 3.49. The van der Waals surface area contributed by atoms with Crippen LogP contribution in [0.3, 0.4) is 0 Å². The third-order valence-corrected chi connectivity index (χ3v) is 2.62. The average molecular weight is 244 g/mol. The topological polar surface area (TPSA) is 71.3 Å². The highest BCUT2D eigenvalue weighted by Crippen LogP contribution is 2.20. The highest BCUT2D eigenvalue weighted by Gasteiger charge is 2.27. The second-order valence-corrected chi connectivity index (χ2v) is 3.73. The van der Waals surface area contributed by atoms with Crippen molar-refractivity contribution in [2.24, 2.45) is 0 Å². The van der Waals surface area contributed by atoms with Crippen LogP contribution in [-0.2, 0) is 14.3 Å². The molecule has 0 aliphatic carbocycles. The lowest BCUT2D eigenvalue weighted by Crippen LogP contribution is -2.29. The smallest absolute Gasteiger partial charge is 0.303 e. The lowest BCUT2D eigenvalue weighted by Gasteiger charge is -2.15. The van der Waals surface area contributed by atoms with Gasteiger partial charge in [-0.25, -0.2) is 0 Å². The zero-order valence-electron chi connectivity index (χ0n) is 9.84. The van der Waals surface area contributed by atoms with Crippen LogP contribution in [0.5, 0.6) is 0 Å². The molecule has 0 saturated heterocycles. The molecule has 1 unspecified atom stereocenters. The van der Waals surface area contributed by atoms with Gasteiger partial charge in [0, 0.05) is 0 Å². The van der Waals surface area contributed by atoms with E-state index in [2.05, 4.69) is 5.32 Å². The van der Waals surface area contributed by atoms with Crippen molar-refractivity contribution in [3.63, 3.8) is 0 Å². The van der Waals surface area contributed by atoms with Crippen molar-refractivity contribution in [2.75, 3.05) is 13.7 Å². The van der Waals surface area contributed by atoms with Gasteiger partial charge < -0.3 is 14.8 Å². The lowest BCUT2D eigenvalue weighted by molar-refractivity contribution is -0.117. The van der Waals surface area contributed by atoms with Crippen LogP contribution in [0.1, 0.15) is 11.6 Å². The molecule has 0 saturated carbocycles. The predicted molar refractivity (Wildman–Crippen MR) is 62.9 cm³/mol. The number of benzene rings is 1. The van der Waals surface area contributed by atoms with Crippen molar-refractivity contribution in [2.45, 2.75) is 6.04 Å². The van der Waals surface area contributed by atoms with Crippen LogP contribution < -0.4 is 5.32 Å². The summed E-state index contributed by atoms with van der Waals surface area (Å²) in [6.07, 6.45) is 0. The number of carbonyl (C=O) groups excluding carboxylic acids is 1. The first-order valence-electron chi connectivity index (χ1n) is 5.43. The highest BCUT2D eigenvalue weighted by atomic mass is 16.7. The molecule has 1 aliphatic heterocycles. The summed E-state index contributed by atoms with van der Waals surface area (Å²) in [6, 6.07) is 10.9. The molecule has 0 radical (unpaired) electrons. The minimum atomic E-state index is -0.485. The molecule has 1 aromatic carbocycles. The fourth-order valence-corrected chi connectivity index (χ4v) is 1.72. The molecule has 5 nitrogen and oxygen atoms in total. The van der Waals surface area contributed by atoms with Gasteiger partial charge in [-0.1, -0.05) is 30.3 Å². The fourth-order valence-electron chi connectivity index (χ4n) is 1.72. The summed E-state index contributed by atoms with van der Waals surface area (Å²) in [5.74, 6) is -0.519. The summed E-state index contributed by atoms with van der Waals surface area (Å²) in [4.78, 5) is 11.8. The van der Waals surface area contributed by atoms with Gasteiger partial charge in [-0.05, 0) is 5.56 Å². The number of carbonyl (C=O) groups is 1. The fraction of sp³-hybridized carbons (Fsp3) is 0.231. The molecule has 2 rings (SSSR count). The van der Waals surface area contributed by atoms with Crippen molar-refractivity contribution in [3.05, 3.63) is 47.4 Å². The van der Waals surface area contributed by atoms with Gasteiger partial charge in [0.25, 0.3) is 5.91 Å². The van der Waals surface area contributed by atoms with Gasteiger partial charge in [0.2, 0.25) is 0 Å². The standard InChI is InChI=1S/C13H12N2O3/c1-17-13-10(7-14)12(16)15-11(8-18-13)9-5-3-2-4-6-9/h2-6,11H,8H2,1H3,(H,15,16). The maximum Gasteiger partial charge on any atom is 0.303 e. The first-order chi connectivity index (χ1) is 8.76. The molecule has 1 atom stereocenters. The second kappa shape index (κ2) is 5.23. The Morgan fingerprint density at radius 3 is 2.78 bits per heavy atom. The van der Waals surface area contributed by atoms with Gasteiger partial charge in [-0.3, -0.25) is 4.79 Å². The largest absolute Gasteiger partial charge is 0.468 e. The van der Waals surface area contributed by atoms with E-state index in [0.29, 0.717) is 0 Å². The number of hydrogen-bond acceptors (Lipinski definition) is 4. The predicted octanol–water partition coefficient (Wildman–Crippen LogP) is 1.26. The van der Waals surface area contributed by atoms with Gasteiger partial charge in [0.1, 0.15) is 12.7 Å². The van der Waals surface area contributed by atoms with Crippen LogP contribution in [0.15, 0.2) is 41.9 Å². The van der Waals surface area contributed by atoms with Gasteiger partial charge >= 0.3 is 5.95 Å². The van der Waals surface area contributed by atoms with Crippen LogP contribution in [0.25, 0.3) is 0 Å². The normalized spacial score (nSPS) is 19.3. The minimum Gasteiger partial charge on any atom is -0.468 e. The minimum absolute atomic E-state index is 0.0339. The SMILES string of the molecule is COC1=C(C#N)C(=O)NC(c2ccccc2)CO1. The van der Waals surface area contributed by atoms with E-state index in [-0.39, 0.29) is 24.2 Å². The maximum absolute atomic E-state index is 11.8. The summed E-state index contributed by atoms with van der Waals surface area (Å²) < 4.78 is 10.2. The molecule has 18 heavy (non-hydrogen) atoms. The highest BCUT2D eigenvalue weighted by molar-refractivity contribution is 5.97. The zero-order chi connectivity index (χ0) is 13.0. The molecule has 0 fully saturated rings. The van der Waals surface area contributed by atoms with Crippen molar-refractivity contribution in [3.8, 4) is 6.07 Å². The Labute approximate surface area is 105 Å².